The summed E-state index contributed by atoms with van der Waals surface area (Å²) in [5.74, 6) is -2.41. The summed E-state index contributed by atoms with van der Waals surface area (Å²) in [6, 6.07) is 0.197. The SMILES string of the molecule is O=C(O)C1C2C=CC(O2)C1C(=O)NC1CCCCCC1. The van der Waals surface area contributed by atoms with Gasteiger partial charge in [0.2, 0.25) is 5.91 Å². The maximum absolute atomic E-state index is 12.4. The Morgan fingerprint density at radius 1 is 1.00 bits per heavy atom. The van der Waals surface area contributed by atoms with Crippen molar-refractivity contribution < 1.29 is 19.4 Å². The van der Waals surface area contributed by atoms with Crippen LogP contribution in [0.15, 0.2) is 12.2 Å². The van der Waals surface area contributed by atoms with Gasteiger partial charge in [-0.2, -0.15) is 0 Å². The van der Waals surface area contributed by atoms with Gasteiger partial charge >= 0.3 is 5.97 Å². The Balaban J connectivity index is 1.66. The number of rotatable bonds is 3. The summed E-state index contributed by atoms with van der Waals surface area (Å²) >= 11 is 0. The van der Waals surface area contributed by atoms with Crippen molar-refractivity contribution in [2.45, 2.75) is 56.8 Å². The molecule has 0 aromatic heterocycles. The van der Waals surface area contributed by atoms with E-state index in [1.165, 1.54) is 12.8 Å². The van der Waals surface area contributed by atoms with Crippen LogP contribution in [0.5, 0.6) is 0 Å². The number of carboxylic acids is 1. The molecule has 5 heteroatoms. The molecule has 5 nitrogen and oxygen atoms in total. The Kier molecular flexibility index (Phi) is 3.78. The fourth-order valence-electron chi connectivity index (χ4n) is 3.64. The van der Waals surface area contributed by atoms with E-state index in [9.17, 15) is 14.7 Å². The molecule has 110 valence electrons. The molecule has 0 aromatic rings. The summed E-state index contributed by atoms with van der Waals surface area (Å²) < 4.78 is 5.54. The molecule has 1 saturated heterocycles. The highest BCUT2D eigenvalue weighted by Gasteiger charge is 2.53. The van der Waals surface area contributed by atoms with Gasteiger partial charge in [-0.3, -0.25) is 9.59 Å². The molecule has 3 rings (SSSR count). The second kappa shape index (κ2) is 5.56. The topological polar surface area (TPSA) is 75.6 Å². The van der Waals surface area contributed by atoms with Crippen molar-refractivity contribution in [3.05, 3.63) is 12.2 Å². The fourth-order valence-corrected chi connectivity index (χ4v) is 3.64. The van der Waals surface area contributed by atoms with Gasteiger partial charge in [-0.05, 0) is 12.8 Å². The van der Waals surface area contributed by atoms with Gasteiger partial charge < -0.3 is 15.2 Å². The van der Waals surface area contributed by atoms with Gasteiger partial charge in [-0.15, -0.1) is 0 Å². The van der Waals surface area contributed by atoms with Crippen molar-refractivity contribution in [3.63, 3.8) is 0 Å². The van der Waals surface area contributed by atoms with Crippen LogP contribution in [0.2, 0.25) is 0 Å². The Morgan fingerprint density at radius 2 is 1.60 bits per heavy atom. The zero-order valence-electron chi connectivity index (χ0n) is 11.5. The summed E-state index contributed by atoms with van der Waals surface area (Å²) in [4.78, 5) is 23.8. The summed E-state index contributed by atoms with van der Waals surface area (Å²) in [6.45, 7) is 0. The Bertz CT molecular complexity index is 426. The third-order valence-electron chi connectivity index (χ3n) is 4.69. The third kappa shape index (κ3) is 2.46. The van der Waals surface area contributed by atoms with Crippen LogP contribution >= 0.6 is 0 Å². The molecule has 3 aliphatic rings. The number of hydrogen-bond acceptors (Lipinski definition) is 3. The lowest BCUT2D eigenvalue weighted by Gasteiger charge is -2.24. The van der Waals surface area contributed by atoms with Crippen LogP contribution in [0.25, 0.3) is 0 Å². The van der Waals surface area contributed by atoms with Crippen LogP contribution in [0.3, 0.4) is 0 Å². The molecule has 2 aliphatic heterocycles. The van der Waals surface area contributed by atoms with Crippen molar-refractivity contribution in [3.8, 4) is 0 Å². The van der Waals surface area contributed by atoms with Crippen LogP contribution in [-0.4, -0.2) is 35.2 Å². The summed E-state index contributed by atoms with van der Waals surface area (Å²) in [5.41, 5.74) is 0. The highest BCUT2D eigenvalue weighted by Crippen LogP contribution is 2.39. The van der Waals surface area contributed by atoms with E-state index >= 15 is 0 Å². The lowest BCUT2D eigenvalue weighted by Crippen LogP contribution is -2.46. The molecule has 2 fully saturated rings. The van der Waals surface area contributed by atoms with Gasteiger partial charge in [0.05, 0.1) is 18.1 Å². The molecule has 0 spiro atoms. The monoisotopic (exact) mass is 279 g/mol. The molecule has 2 N–H and O–H groups in total. The summed E-state index contributed by atoms with van der Waals surface area (Å²) in [7, 11) is 0. The average Bonchev–Trinajstić information content (AvgIpc) is 2.93. The highest BCUT2D eigenvalue weighted by atomic mass is 16.5. The lowest BCUT2D eigenvalue weighted by atomic mass is 9.82. The standard InChI is InChI=1S/C15H21NO4/c17-14(16-9-5-3-1-2-4-6-9)12-10-7-8-11(20-10)13(12)15(18)19/h7-13H,1-6H2,(H,16,17)(H,18,19). The van der Waals surface area contributed by atoms with Crippen molar-refractivity contribution in [1.82, 2.24) is 5.32 Å². The maximum Gasteiger partial charge on any atom is 0.310 e. The third-order valence-corrected chi connectivity index (χ3v) is 4.69. The summed E-state index contributed by atoms with van der Waals surface area (Å²) in [5, 5.41) is 12.4. The maximum atomic E-state index is 12.4. The van der Waals surface area contributed by atoms with E-state index in [2.05, 4.69) is 5.32 Å². The van der Waals surface area contributed by atoms with Crippen LogP contribution in [0.1, 0.15) is 38.5 Å². The van der Waals surface area contributed by atoms with Gasteiger partial charge in [-0.25, -0.2) is 0 Å². The Morgan fingerprint density at radius 3 is 2.20 bits per heavy atom. The van der Waals surface area contributed by atoms with Gasteiger partial charge in [0.1, 0.15) is 5.92 Å². The van der Waals surface area contributed by atoms with Gasteiger partial charge in [0.25, 0.3) is 0 Å². The van der Waals surface area contributed by atoms with E-state index in [1.54, 1.807) is 6.08 Å². The number of hydrogen-bond donors (Lipinski definition) is 2. The molecule has 1 aliphatic carbocycles. The van der Waals surface area contributed by atoms with E-state index in [-0.39, 0.29) is 18.1 Å². The second-order valence-corrected chi connectivity index (χ2v) is 6.04. The number of nitrogens with one attached hydrogen (secondary N) is 1. The molecule has 1 amide bonds. The molecule has 2 heterocycles. The lowest BCUT2D eigenvalue weighted by molar-refractivity contribution is -0.146. The minimum atomic E-state index is -0.942. The first-order chi connectivity index (χ1) is 9.66. The molecule has 2 bridgehead atoms. The zero-order valence-corrected chi connectivity index (χ0v) is 11.5. The number of carboxylic acid groups (broad SMARTS) is 1. The van der Waals surface area contributed by atoms with E-state index in [0.29, 0.717) is 0 Å². The molecule has 4 unspecified atom stereocenters. The molecule has 4 atom stereocenters. The van der Waals surface area contributed by atoms with Gasteiger partial charge in [0, 0.05) is 6.04 Å². The van der Waals surface area contributed by atoms with Crippen LogP contribution in [0, 0.1) is 11.8 Å². The fraction of sp³-hybridized carbons (Fsp3) is 0.733. The van der Waals surface area contributed by atoms with Gasteiger partial charge in [-0.1, -0.05) is 37.8 Å². The molecule has 20 heavy (non-hydrogen) atoms. The van der Waals surface area contributed by atoms with Crippen LogP contribution in [-0.2, 0) is 14.3 Å². The van der Waals surface area contributed by atoms with E-state index in [1.807, 2.05) is 6.08 Å². The molecular weight excluding hydrogens is 258 g/mol. The van der Waals surface area contributed by atoms with Crippen LogP contribution in [0.4, 0.5) is 0 Å². The minimum Gasteiger partial charge on any atom is -0.481 e. The van der Waals surface area contributed by atoms with Crippen molar-refractivity contribution >= 4 is 11.9 Å². The van der Waals surface area contributed by atoms with Gasteiger partial charge in [0.15, 0.2) is 0 Å². The van der Waals surface area contributed by atoms with E-state index in [0.717, 1.165) is 25.7 Å². The molecular formula is C15H21NO4. The Labute approximate surface area is 118 Å². The second-order valence-electron chi connectivity index (χ2n) is 6.04. The first kappa shape index (κ1) is 13.6. The van der Waals surface area contributed by atoms with E-state index < -0.39 is 23.9 Å². The number of carbonyl (C=O) groups excluding carboxylic acids is 1. The van der Waals surface area contributed by atoms with Crippen molar-refractivity contribution in [1.29, 1.82) is 0 Å². The first-order valence-corrected chi connectivity index (χ1v) is 7.54. The normalized spacial score (nSPS) is 36.8. The summed E-state index contributed by atoms with van der Waals surface area (Å²) in [6.07, 6.45) is 9.51. The zero-order chi connectivity index (χ0) is 14.1. The average molecular weight is 279 g/mol. The van der Waals surface area contributed by atoms with Crippen molar-refractivity contribution in [2.75, 3.05) is 0 Å². The molecule has 0 aromatic carbocycles. The first-order valence-electron chi connectivity index (χ1n) is 7.54. The quantitative estimate of drug-likeness (QED) is 0.606. The number of aliphatic carboxylic acids is 1. The predicted molar refractivity (Wildman–Crippen MR) is 72.0 cm³/mol. The minimum absolute atomic E-state index is 0.152. The predicted octanol–water partition coefficient (Wildman–Crippen LogP) is 1.48. The molecule has 0 radical (unpaired) electrons. The molecule has 1 saturated carbocycles. The number of fused-ring (bicyclic) bond motifs is 2. The Hall–Kier alpha value is -1.36. The smallest absolute Gasteiger partial charge is 0.310 e. The van der Waals surface area contributed by atoms with E-state index in [4.69, 9.17) is 4.74 Å². The van der Waals surface area contributed by atoms with Crippen LogP contribution < -0.4 is 5.32 Å². The largest absolute Gasteiger partial charge is 0.481 e. The highest BCUT2D eigenvalue weighted by molar-refractivity contribution is 5.87. The number of ether oxygens (including phenoxy) is 1. The van der Waals surface area contributed by atoms with Crippen molar-refractivity contribution in [2.24, 2.45) is 11.8 Å². The number of amides is 1. The number of carbonyl (C=O) groups is 2.